The second-order valence-electron chi connectivity index (χ2n) is 4.87. The first-order valence-corrected chi connectivity index (χ1v) is 6.31. The van der Waals surface area contributed by atoms with E-state index in [2.05, 4.69) is 4.90 Å². The first kappa shape index (κ1) is 13.0. The quantitative estimate of drug-likeness (QED) is 0.898. The second kappa shape index (κ2) is 5.48. The van der Waals surface area contributed by atoms with Crippen molar-refractivity contribution in [1.82, 2.24) is 4.90 Å². The van der Waals surface area contributed by atoms with Crippen LogP contribution in [0.15, 0.2) is 24.3 Å². The van der Waals surface area contributed by atoms with E-state index >= 15 is 0 Å². The summed E-state index contributed by atoms with van der Waals surface area (Å²) in [6.45, 7) is 3.27. The molecule has 0 amide bonds. The molecule has 1 fully saturated rings. The average molecular weight is 251 g/mol. The summed E-state index contributed by atoms with van der Waals surface area (Å²) in [6.07, 6.45) is 1.57. The number of likely N-dealkylation sites (tertiary alicyclic amines) is 1. The Hall–Kier alpha value is -1.42. The molecule has 3 nitrogen and oxygen atoms in total. The van der Waals surface area contributed by atoms with E-state index in [1.807, 2.05) is 13.0 Å². The lowest BCUT2D eigenvalue weighted by atomic mass is 9.95. The van der Waals surface area contributed by atoms with E-state index in [1.165, 1.54) is 6.07 Å². The fourth-order valence-corrected chi connectivity index (χ4v) is 2.57. The van der Waals surface area contributed by atoms with Crippen molar-refractivity contribution in [3.8, 4) is 0 Å². The first-order chi connectivity index (χ1) is 8.59. The number of benzene rings is 1. The van der Waals surface area contributed by atoms with Crippen LogP contribution in [0.1, 0.15) is 31.4 Å². The van der Waals surface area contributed by atoms with Gasteiger partial charge >= 0.3 is 5.97 Å². The van der Waals surface area contributed by atoms with Crippen LogP contribution in [0, 0.1) is 11.7 Å². The molecule has 2 unspecified atom stereocenters. The molecule has 1 aromatic carbocycles. The third-order valence-corrected chi connectivity index (χ3v) is 3.71. The van der Waals surface area contributed by atoms with Crippen molar-refractivity contribution in [1.29, 1.82) is 0 Å². The summed E-state index contributed by atoms with van der Waals surface area (Å²) in [4.78, 5) is 13.1. The lowest BCUT2D eigenvalue weighted by molar-refractivity contribution is -0.143. The van der Waals surface area contributed by atoms with Crippen molar-refractivity contribution in [3.05, 3.63) is 35.6 Å². The lowest BCUT2D eigenvalue weighted by Crippen LogP contribution is -2.40. The maximum Gasteiger partial charge on any atom is 0.307 e. The molecule has 0 aliphatic carbocycles. The van der Waals surface area contributed by atoms with Gasteiger partial charge in [-0.2, -0.15) is 0 Å². The van der Waals surface area contributed by atoms with Crippen LogP contribution in [0.25, 0.3) is 0 Å². The molecule has 1 aliphatic heterocycles. The largest absolute Gasteiger partial charge is 0.481 e. The highest BCUT2D eigenvalue weighted by Crippen LogP contribution is 2.28. The average Bonchev–Trinajstić information content (AvgIpc) is 2.38. The number of aliphatic carboxylic acids is 1. The van der Waals surface area contributed by atoms with Gasteiger partial charge in [0, 0.05) is 18.2 Å². The maximum absolute atomic E-state index is 13.7. The van der Waals surface area contributed by atoms with Crippen molar-refractivity contribution in [2.75, 3.05) is 13.1 Å². The van der Waals surface area contributed by atoms with Gasteiger partial charge in [0.1, 0.15) is 5.82 Å². The van der Waals surface area contributed by atoms with Gasteiger partial charge in [-0.05, 0) is 32.4 Å². The minimum Gasteiger partial charge on any atom is -0.481 e. The molecule has 1 aliphatic rings. The molecule has 2 rings (SSSR count). The summed E-state index contributed by atoms with van der Waals surface area (Å²) < 4.78 is 13.7. The molecule has 1 aromatic rings. The zero-order valence-corrected chi connectivity index (χ0v) is 10.5. The van der Waals surface area contributed by atoms with Gasteiger partial charge < -0.3 is 5.11 Å². The maximum atomic E-state index is 13.7. The topological polar surface area (TPSA) is 40.5 Å². The van der Waals surface area contributed by atoms with Crippen molar-refractivity contribution < 1.29 is 14.3 Å². The zero-order chi connectivity index (χ0) is 13.1. The summed E-state index contributed by atoms with van der Waals surface area (Å²) in [7, 11) is 0. The normalized spacial score (nSPS) is 22.7. The number of hydrogen-bond acceptors (Lipinski definition) is 2. The van der Waals surface area contributed by atoms with Gasteiger partial charge in [-0.25, -0.2) is 4.39 Å². The van der Waals surface area contributed by atoms with Gasteiger partial charge in [0.2, 0.25) is 0 Å². The number of carboxylic acid groups (broad SMARTS) is 1. The van der Waals surface area contributed by atoms with Gasteiger partial charge in [-0.15, -0.1) is 0 Å². The van der Waals surface area contributed by atoms with E-state index in [0.717, 1.165) is 19.4 Å². The minimum absolute atomic E-state index is 0.0756. The lowest BCUT2D eigenvalue weighted by Gasteiger charge is -2.35. The molecule has 1 N–H and O–H groups in total. The molecular formula is C14H18FNO2. The van der Waals surface area contributed by atoms with E-state index in [9.17, 15) is 9.18 Å². The van der Waals surface area contributed by atoms with E-state index < -0.39 is 5.97 Å². The smallest absolute Gasteiger partial charge is 0.307 e. The molecule has 98 valence electrons. The predicted octanol–water partition coefficient (Wildman–Crippen LogP) is 2.68. The molecule has 4 heteroatoms. The number of carbonyl (C=O) groups is 1. The second-order valence-corrected chi connectivity index (χ2v) is 4.87. The molecule has 0 saturated carbocycles. The highest BCUT2D eigenvalue weighted by atomic mass is 19.1. The molecule has 1 heterocycles. The van der Waals surface area contributed by atoms with Crippen molar-refractivity contribution in [2.24, 2.45) is 5.92 Å². The number of nitrogens with zero attached hydrogens (tertiary/aromatic N) is 1. The van der Waals surface area contributed by atoms with Crippen LogP contribution in [0.4, 0.5) is 4.39 Å². The number of hydrogen-bond donors (Lipinski definition) is 1. The van der Waals surface area contributed by atoms with Crippen LogP contribution >= 0.6 is 0 Å². The summed E-state index contributed by atoms with van der Waals surface area (Å²) in [5.74, 6) is -1.30. The number of rotatable bonds is 3. The fourth-order valence-electron chi connectivity index (χ4n) is 2.57. The van der Waals surface area contributed by atoms with Crippen LogP contribution in [-0.4, -0.2) is 29.1 Å². The Labute approximate surface area is 106 Å². The molecule has 18 heavy (non-hydrogen) atoms. The van der Waals surface area contributed by atoms with Crippen LogP contribution in [0.2, 0.25) is 0 Å². The standard InChI is InChI=1S/C14H18FNO2/c1-10(12-6-2-3-7-13(12)15)16-8-4-5-11(9-16)14(17)18/h2-3,6-7,10-11H,4-5,8-9H2,1H3,(H,17,18). The van der Waals surface area contributed by atoms with Gasteiger partial charge in [0.25, 0.3) is 0 Å². The highest BCUT2D eigenvalue weighted by Gasteiger charge is 2.29. The Bertz CT molecular complexity index is 436. The van der Waals surface area contributed by atoms with Crippen LogP contribution in [0.3, 0.4) is 0 Å². The summed E-state index contributed by atoms with van der Waals surface area (Å²) in [5, 5.41) is 9.06. The molecular weight excluding hydrogens is 233 g/mol. The molecule has 0 spiro atoms. The third kappa shape index (κ3) is 2.70. The Morgan fingerprint density at radius 1 is 1.50 bits per heavy atom. The minimum atomic E-state index is -0.750. The van der Waals surface area contributed by atoms with Crippen LogP contribution < -0.4 is 0 Å². The summed E-state index contributed by atoms with van der Waals surface area (Å²) >= 11 is 0. The Balaban J connectivity index is 2.11. The zero-order valence-electron chi connectivity index (χ0n) is 10.5. The Morgan fingerprint density at radius 2 is 2.22 bits per heavy atom. The van der Waals surface area contributed by atoms with E-state index in [4.69, 9.17) is 5.11 Å². The van der Waals surface area contributed by atoms with E-state index in [0.29, 0.717) is 12.1 Å². The molecule has 1 saturated heterocycles. The van der Waals surface area contributed by atoms with Crippen LogP contribution in [-0.2, 0) is 4.79 Å². The Morgan fingerprint density at radius 3 is 2.89 bits per heavy atom. The van der Waals surface area contributed by atoms with Gasteiger partial charge in [0.05, 0.1) is 5.92 Å². The Kier molecular flexibility index (Phi) is 3.97. The summed E-state index contributed by atoms with van der Waals surface area (Å²) in [6, 6.07) is 6.62. The highest BCUT2D eigenvalue weighted by molar-refractivity contribution is 5.70. The van der Waals surface area contributed by atoms with Gasteiger partial charge in [-0.1, -0.05) is 18.2 Å². The van der Waals surface area contributed by atoms with Gasteiger partial charge in [-0.3, -0.25) is 9.69 Å². The predicted molar refractivity (Wildman–Crippen MR) is 66.7 cm³/mol. The van der Waals surface area contributed by atoms with E-state index in [1.54, 1.807) is 12.1 Å². The third-order valence-electron chi connectivity index (χ3n) is 3.71. The van der Waals surface area contributed by atoms with E-state index in [-0.39, 0.29) is 17.8 Å². The summed E-state index contributed by atoms with van der Waals surface area (Å²) in [5.41, 5.74) is 0.642. The monoisotopic (exact) mass is 251 g/mol. The van der Waals surface area contributed by atoms with Crippen molar-refractivity contribution in [2.45, 2.75) is 25.8 Å². The fraction of sp³-hybridized carbons (Fsp3) is 0.500. The number of halogens is 1. The van der Waals surface area contributed by atoms with Gasteiger partial charge in [0.15, 0.2) is 0 Å². The SMILES string of the molecule is CC(c1ccccc1F)N1CCCC(C(=O)O)C1. The number of carboxylic acids is 1. The molecule has 0 aromatic heterocycles. The van der Waals surface area contributed by atoms with Crippen molar-refractivity contribution >= 4 is 5.97 Å². The van der Waals surface area contributed by atoms with Crippen molar-refractivity contribution in [3.63, 3.8) is 0 Å². The first-order valence-electron chi connectivity index (χ1n) is 6.31. The number of piperidine rings is 1. The molecule has 2 atom stereocenters. The molecule has 0 radical (unpaired) electrons. The molecule has 0 bridgehead atoms. The van der Waals surface area contributed by atoms with Crippen LogP contribution in [0.5, 0.6) is 0 Å².